The molecule has 0 atom stereocenters. The number of benzene rings is 2. The molecule has 1 fully saturated rings. The van der Waals surface area contributed by atoms with E-state index in [2.05, 4.69) is 5.32 Å². The molecule has 3 rings (SSSR count). The highest BCUT2D eigenvalue weighted by atomic mass is 19.4. The number of nitrogens with zero attached hydrogens (tertiary/aromatic N) is 1. The van der Waals surface area contributed by atoms with Crippen molar-refractivity contribution in [1.29, 1.82) is 0 Å². The third-order valence-electron chi connectivity index (χ3n) is 4.73. The van der Waals surface area contributed by atoms with Gasteiger partial charge in [-0.3, -0.25) is 4.79 Å². The molecule has 0 bridgehead atoms. The van der Waals surface area contributed by atoms with Gasteiger partial charge >= 0.3 is 6.18 Å². The number of hydrogen-bond donors (Lipinski definition) is 1. The number of aryl methyl sites for hydroxylation is 2. The Bertz CT molecular complexity index is 859. The molecule has 2 aromatic carbocycles. The maximum Gasteiger partial charge on any atom is 0.416 e. The van der Waals surface area contributed by atoms with E-state index in [9.17, 15) is 18.0 Å². The number of alkyl halides is 3. The van der Waals surface area contributed by atoms with E-state index >= 15 is 0 Å². The molecule has 0 spiro atoms. The number of amides is 1. The van der Waals surface area contributed by atoms with E-state index in [0.717, 1.165) is 49.2 Å². The van der Waals surface area contributed by atoms with Crippen molar-refractivity contribution in [2.24, 2.45) is 0 Å². The number of anilines is 2. The molecule has 1 saturated heterocycles. The average molecular weight is 392 g/mol. The van der Waals surface area contributed by atoms with Crippen molar-refractivity contribution >= 4 is 17.3 Å². The Hall–Kier alpha value is -2.70. The van der Waals surface area contributed by atoms with Crippen LogP contribution in [-0.4, -0.2) is 25.6 Å². The second-order valence-electron chi connectivity index (χ2n) is 7.03. The van der Waals surface area contributed by atoms with Gasteiger partial charge in [0.2, 0.25) is 0 Å². The number of rotatable bonds is 5. The highest BCUT2D eigenvalue weighted by Gasteiger charge is 2.32. The fraction of sp³-hybridized carbons (Fsp3) is 0.381. The number of nitrogens with one attached hydrogen (secondary N) is 1. The molecular formula is C21H23F3N2O2. The van der Waals surface area contributed by atoms with Crippen LogP contribution in [0.4, 0.5) is 24.5 Å². The van der Waals surface area contributed by atoms with Gasteiger partial charge in [0, 0.05) is 13.1 Å². The van der Waals surface area contributed by atoms with Gasteiger partial charge in [0.05, 0.1) is 16.9 Å². The highest BCUT2D eigenvalue weighted by Crippen LogP contribution is 2.36. The summed E-state index contributed by atoms with van der Waals surface area (Å²) in [5, 5.41) is 2.60. The molecule has 0 unspecified atom stereocenters. The minimum Gasteiger partial charge on any atom is -0.483 e. The van der Waals surface area contributed by atoms with Crippen LogP contribution in [0.25, 0.3) is 0 Å². The first kappa shape index (κ1) is 20.0. The number of ether oxygens (including phenoxy) is 1. The predicted molar refractivity (Wildman–Crippen MR) is 103 cm³/mol. The number of carbonyl (C=O) groups is 1. The molecule has 0 radical (unpaired) electrons. The highest BCUT2D eigenvalue weighted by molar-refractivity contribution is 5.95. The zero-order chi connectivity index (χ0) is 20.3. The first-order chi connectivity index (χ1) is 13.2. The molecule has 1 aliphatic rings. The van der Waals surface area contributed by atoms with Gasteiger partial charge in [-0.2, -0.15) is 13.2 Å². The average Bonchev–Trinajstić information content (AvgIpc) is 3.14. The van der Waals surface area contributed by atoms with Gasteiger partial charge in [-0.15, -0.1) is 0 Å². The van der Waals surface area contributed by atoms with Gasteiger partial charge in [-0.05, 0) is 56.5 Å². The molecule has 1 N–H and O–H groups in total. The van der Waals surface area contributed by atoms with Crippen molar-refractivity contribution in [2.75, 3.05) is 29.9 Å². The molecule has 4 nitrogen and oxygen atoms in total. The molecule has 0 aromatic heterocycles. The van der Waals surface area contributed by atoms with E-state index in [1.54, 1.807) is 6.07 Å². The summed E-state index contributed by atoms with van der Waals surface area (Å²) in [5.41, 5.74) is 1.94. The second-order valence-corrected chi connectivity index (χ2v) is 7.03. The third-order valence-corrected chi connectivity index (χ3v) is 4.73. The van der Waals surface area contributed by atoms with Crippen LogP contribution in [0, 0.1) is 13.8 Å². The summed E-state index contributed by atoms with van der Waals surface area (Å²) in [6.07, 6.45) is -2.52. The van der Waals surface area contributed by atoms with Gasteiger partial charge in [0.1, 0.15) is 5.75 Å². The summed E-state index contributed by atoms with van der Waals surface area (Å²) in [6, 6.07) is 9.05. The molecule has 2 aromatic rings. The molecule has 1 amide bonds. The third kappa shape index (κ3) is 4.77. The zero-order valence-electron chi connectivity index (χ0n) is 15.9. The molecule has 0 aliphatic carbocycles. The number of hydrogen-bond acceptors (Lipinski definition) is 3. The molecule has 1 aliphatic heterocycles. The SMILES string of the molecule is Cc1ccc(OCC(=O)Nc2cc(C(F)(F)F)ccc2N2CCCC2)c(C)c1. The smallest absolute Gasteiger partial charge is 0.416 e. The van der Waals surface area contributed by atoms with Crippen LogP contribution in [0.5, 0.6) is 5.75 Å². The summed E-state index contributed by atoms with van der Waals surface area (Å²) < 4.78 is 44.9. The molecule has 0 saturated carbocycles. The Balaban J connectivity index is 1.75. The minimum absolute atomic E-state index is 0.158. The van der Waals surface area contributed by atoms with Crippen LogP contribution in [0.15, 0.2) is 36.4 Å². The lowest BCUT2D eigenvalue weighted by atomic mass is 10.1. The Kier molecular flexibility index (Phi) is 5.82. The molecular weight excluding hydrogens is 369 g/mol. The standard InChI is InChI=1S/C21H23F3N2O2/c1-14-5-8-19(15(2)11-14)28-13-20(27)25-17-12-16(21(22,23)24)6-7-18(17)26-9-3-4-10-26/h5-8,11-12H,3-4,9-10,13H2,1-2H3,(H,25,27). The molecule has 28 heavy (non-hydrogen) atoms. The Morgan fingerprint density at radius 1 is 1.11 bits per heavy atom. The lowest BCUT2D eigenvalue weighted by Gasteiger charge is -2.23. The van der Waals surface area contributed by atoms with Crippen LogP contribution in [0.3, 0.4) is 0 Å². The van der Waals surface area contributed by atoms with Crippen molar-refractivity contribution in [1.82, 2.24) is 0 Å². The fourth-order valence-corrected chi connectivity index (χ4v) is 3.34. The monoisotopic (exact) mass is 392 g/mol. The van der Waals surface area contributed by atoms with Crippen LogP contribution in [-0.2, 0) is 11.0 Å². The summed E-state index contributed by atoms with van der Waals surface area (Å²) in [4.78, 5) is 14.3. The minimum atomic E-state index is -4.47. The van der Waals surface area contributed by atoms with Crippen LogP contribution >= 0.6 is 0 Å². The first-order valence-corrected chi connectivity index (χ1v) is 9.20. The number of halogens is 3. The van der Waals surface area contributed by atoms with Crippen molar-refractivity contribution in [2.45, 2.75) is 32.9 Å². The summed E-state index contributed by atoms with van der Waals surface area (Å²) in [7, 11) is 0. The summed E-state index contributed by atoms with van der Waals surface area (Å²) in [6.45, 7) is 5.07. The zero-order valence-corrected chi connectivity index (χ0v) is 15.9. The van der Waals surface area contributed by atoms with E-state index < -0.39 is 17.6 Å². The van der Waals surface area contributed by atoms with E-state index in [1.807, 2.05) is 30.9 Å². The van der Waals surface area contributed by atoms with E-state index in [4.69, 9.17) is 4.74 Å². The summed E-state index contributed by atoms with van der Waals surface area (Å²) in [5.74, 6) is 0.0734. The quantitative estimate of drug-likeness (QED) is 0.784. The maximum absolute atomic E-state index is 13.1. The lowest BCUT2D eigenvalue weighted by molar-refractivity contribution is -0.137. The first-order valence-electron chi connectivity index (χ1n) is 9.20. The van der Waals surface area contributed by atoms with Crippen molar-refractivity contribution in [3.8, 4) is 5.75 Å². The topological polar surface area (TPSA) is 41.6 Å². The molecule has 1 heterocycles. The largest absolute Gasteiger partial charge is 0.483 e. The van der Waals surface area contributed by atoms with Crippen molar-refractivity contribution in [3.05, 3.63) is 53.1 Å². The van der Waals surface area contributed by atoms with Crippen molar-refractivity contribution in [3.63, 3.8) is 0 Å². The van der Waals surface area contributed by atoms with Crippen LogP contribution < -0.4 is 15.0 Å². The van der Waals surface area contributed by atoms with Gasteiger partial charge < -0.3 is 15.0 Å². The summed E-state index contributed by atoms with van der Waals surface area (Å²) >= 11 is 0. The van der Waals surface area contributed by atoms with Crippen LogP contribution in [0.1, 0.15) is 29.5 Å². The van der Waals surface area contributed by atoms with Gasteiger partial charge in [-0.1, -0.05) is 17.7 Å². The van der Waals surface area contributed by atoms with E-state index in [-0.39, 0.29) is 12.3 Å². The number of carbonyl (C=O) groups excluding carboxylic acids is 1. The predicted octanol–water partition coefficient (Wildman–Crippen LogP) is 4.94. The van der Waals surface area contributed by atoms with Crippen LogP contribution in [0.2, 0.25) is 0 Å². The fourth-order valence-electron chi connectivity index (χ4n) is 3.34. The van der Waals surface area contributed by atoms with Gasteiger partial charge in [0.25, 0.3) is 5.91 Å². The van der Waals surface area contributed by atoms with Gasteiger partial charge in [0.15, 0.2) is 6.61 Å². The Morgan fingerprint density at radius 2 is 1.82 bits per heavy atom. The lowest BCUT2D eigenvalue weighted by Crippen LogP contribution is -2.24. The Labute approximate surface area is 162 Å². The van der Waals surface area contributed by atoms with Gasteiger partial charge in [-0.25, -0.2) is 0 Å². The van der Waals surface area contributed by atoms with E-state index in [0.29, 0.717) is 11.4 Å². The molecule has 150 valence electrons. The second kappa shape index (κ2) is 8.12. The molecule has 7 heteroatoms. The Morgan fingerprint density at radius 3 is 2.46 bits per heavy atom. The maximum atomic E-state index is 13.1. The normalized spacial score (nSPS) is 14.2. The van der Waals surface area contributed by atoms with E-state index in [1.165, 1.54) is 6.07 Å². The van der Waals surface area contributed by atoms with Crippen molar-refractivity contribution < 1.29 is 22.7 Å².